The number of Topliss-reactive ketones (excluding diaryl/α,β-unsaturated/α-hetero) is 1. The second kappa shape index (κ2) is 22.5. The number of nitrogens with zero attached hydrogens (tertiary/aromatic N) is 5. The van der Waals surface area contributed by atoms with Crippen molar-refractivity contribution in [1.29, 1.82) is 0 Å². The van der Waals surface area contributed by atoms with Crippen LogP contribution in [0.5, 0.6) is 0 Å². The van der Waals surface area contributed by atoms with Crippen LogP contribution in [0.25, 0.3) is 20.9 Å². The van der Waals surface area contributed by atoms with Gasteiger partial charge in [-0.25, -0.2) is 9.97 Å². The Balaban J connectivity index is 0.000000227. The van der Waals surface area contributed by atoms with Crippen molar-refractivity contribution >= 4 is 46.2 Å². The summed E-state index contributed by atoms with van der Waals surface area (Å²) in [6.07, 6.45) is -0.378. The van der Waals surface area contributed by atoms with Gasteiger partial charge in [-0.1, -0.05) is 102 Å². The van der Waals surface area contributed by atoms with Crippen molar-refractivity contribution in [3.8, 4) is 20.9 Å². The first-order valence-electron chi connectivity index (χ1n) is 23.7. The molecule has 0 aliphatic carbocycles. The Morgan fingerprint density at radius 1 is 0.783 bits per heavy atom. The number of rotatable bonds is 15. The van der Waals surface area contributed by atoms with Crippen molar-refractivity contribution in [2.45, 2.75) is 144 Å². The molecular weight excluding hydrogens is 911 g/mol. The lowest BCUT2D eigenvalue weighted by atomic mass is 9.85. The molecule has 7 rings (SSSR count). The van der Waals surface area contributed by atoms with E-state index >= 15 is 0 Å². The number of aliphatic hydroxyl groups excluding tert-OH is 2. The van der Waals surface area contributed by atoms with Gasteiger partial charge in [0, 0.05) is 57.1 Å². The van der Waals surface area contributed by atoms with Gasteiger partial charge in [-0.3, -0.25) is 19.2 Å². The number of benzene rings is 2. The molecule has 4 N–H and O–H groups in total. The topological polar surface area (TPSA) is 191 Å². The summed E-state index contributed by atoms with van der Waals surface area (Å²) >= 11 is 3.24. The fourth-order valence-corrected chi connectivity index (χ4v) is 10.9. The van der Waals surface area contributed by atoms with Gasteiger partial charge in [-0.2, -0.15) is 0 Å². The molecule has 0 saturated carbocycles. The monoisotopic (exact) mass is 979 g/mol. The average molecular weight is 980 g/mol. The number of carbonyl (C=O) groups excluding carboxylic acids is 4. The Bertz CT molecular complexity index is 2580. The highest BCUT2D eigenvalue weighted by Crippen LogP contribution is 2.35. The fraction of sp³-hybridized carbons (Fsp3) is 0.491. The molecule has 5 heterocycles. The number of hydrogen-bond acceptors (Lipinski definition) is 13. The van der Waals surface area contributed by atoms with Gasteiger partial charge in [0.25, 0.3) is 0 Å². The van der Waals surface area contributed by atoms with Crippen molar-refractivity contribution in [2.24, 2.45) is 11.3 Å². The number of carbonyl (C=O) groups is 4. The number of hydrogen-bond donors (Lipinski definition) is 4. The van der Waals surface area contributed by atoms with E-state index in [-0.39, 0.29) is 66.9 Å². The highest BCUT2D eigenvalue weighted by molar-refractivity contribution is 7.13. The fourth-order valence-electron chi connectivity index (χ4n) is 9.27. The molecule has 370 valence electrons. The third-order valence-electron chi connectivity index (χ3n) is 13.1. The lowest BCUT2D eigenvalue weighted by molar-refractivity contribution is -0.140. The van der Waals surface area contributed by atoms with E-state index in [1.165, 1.54) is 11.8 Å². The summed E-state index contributed by atoms with van der Waals surface area (Å²) in [6, 6.07) is 16.6. The number of nitrogens with one attached hydrogen (secondary N) is 2. The quantitative estimate of drug-likeness (QED) is 0.0785. The van der Waals surface area contributed by atoms with Crippen LogP contribution in [0.15, 0.2) is 82.4 Å². The third-order valence-corrected chi connectivity index (χ3v) is 15.0. The van der Waals surface area contributed by atoms with E-state index in [0.29, 0.717) is 30.0 Å². The van der Waals surface area contributed by atoms with Gasteiger partial charge >= 0.3 is 0 Å². The first-order valence-corrected chi connectivity index (χ1v) is 25.5. The minimum Gasteiger partial charge on any atom is -0.391 e. The number of aromatic nitrogens is 3. The van der Waals surface area contributed by atoms with Crippen LogP contribution in [0, 0.1) is 32.1 Å². The second-order valence-electron chi connectivity index (χ2n) is 20.1. The van der Waals surface area contributed by atoms with E-state index in [1.807, 2.05) is 80.3 Å². The summed E-state index contributed by atoms with van der Waals surface area (Å²) in [4.78, 5) is 66.3. The molecule has 3 amide bonds. The molecule has 16 heteroatoms. The van der Waals surface area contributed by atoms with Gasteiger partial charge in [-0.15, -0.1) is 22.7 Å². The molecule has 2 fully saturated rings. The van der Waals surface area contributed by atoms with E-state index in [9.17, 15) is 29.4 Å². The van der Waals surface area contributed by atoms with Gasteiger partial charge in [-0.05, 0) is 67.2 Å². The Morgan fingerprint density at radius 3 is 1.74 bits per heavy atom. The molecule has 2 aliphatic heterocycles. The lowest BCUT2D eigenvalue weighted by Crippen LogP contribution is -2.56. The van der Waals surface area contributed by atoms with E-state index < -0.39 is 35.6 Å². The van der Waals surface area contributed by atoms with Crippen LogP contribution in [0.4, 0.5) is 0 Å². The lowest BCUT2D eigenvalue weighted by Gasteiger charge is -2.36. The van der Waals surface area contributed by atoms with Crippen LogP contribution in [-0.2, 0) is 19.2 Å². The number of thiazole rings is 2. The maximum absolute atomic E-state index is 13.6. The molecule has 2 unspecified atom stereocenters. The van der Waals surface area contributed by atoms with Crippen molar-refractivity contribution in [3.05, 3.63) is 112 Å². The van der Waals surface area contributed by atoms with Crippen molar-refractivity contribution in [2.75, 3.05) is 13.1 Å². The molecule has 2 saturated heterocycles. The molecule has 2 aromatic carbocycles. The minimum atomic E-state index is -0.714. The molecule has 5 aromatic rings. The van der Waals surface area contributed by atoms with Crippen molar-refractivity contribution in [1.82, 2.24) is 35.6 Å². The highest BCUT2D eigenvalue weighted by atomic mass is 32.1. The number of aliphatic hydroxyl groups is 2. The van der Waals surface area contributed by atoms with Crippen molar-refractivity contribution in [3.63, 3.8) is 0 Å². The van der Waals surface area contributed by atoms with E-state index in [0.717, 1.165) is 38.5 Å². The number of β-amino-alcohol motifs (C(OH)–C–C–N with tert-alkyl or cyclic N) is 2. The summed E-state index contributed by atoms with van der Waals surface area (Å²) in [5.74, 6) is -0.772. The smallest absolute Gasteiger partial charge is 0.246 e. The predicted octanol–water partition coefficient (Wildman–Crippen LogP) is 8.67. The molecule has 0 bridgehead atoms. The average Bonchev–Trinajstić information content (AvgIpc) is 4.15. The number of amides is 3. The van der Waals surface area contributed by atoms with Crippen LogP contribution < -0.4 is 10.6 Å². The Morgan fingerprint density at radius 2 is 1.29 bits per heavy atom. The standard InChI is InChI=1S/C27H33N3O4S.C26H36N4O3S/c1-15(2)25(24-11-17(4)29-34-24)27(33)30-13-21(31)12-22(30)23(32)10-16(3)19-6-8-20(9-7-19)26-18(5)28-14-35-26;1-15(19-8-10-20(11-9-19)23-17(3)27-14-34-23)28-16(2)22-12-21(32)13-30(22)25(33)24(26(5,6)7)29-18(4)31/h6-9,11,14-16,21-22,25,31H,10,12-13H2,1-5H3;8-11,14-15,21-22,24,28,32H,2,12-13H2,1,3-7H3,(H,29,31)/t16?,21-,22+,25?;15-,21+,22-,24+/m10/s1. The van der Waals surface area contributed by atoms with Crippen molar-refractivity contribution < 1.29 is 33.9 Å². The molecule has 2 aliphatic rings. The summed E-state index contributed by atoms with van der Waals surface area (Å²) in [6.45, 7) is 25.5. The van der Waals surface area contributed by atoms with Crippen LogP contribution in [-0.4, -0.2) is 102 Å². The van der Waals surface area contributed by atoms with E-state index in [1.54, 1.807) is 38.5 Å². The first kappa shape index (κ1) is 52.8. The van der Waals surface area contributed by atoms with Crippen LogP contribution >= 0.6 is 22.7 Å². The number of likely N-dealkylation sites (tertiary alicyclic amines) is 2. The molecule has 14 nitrogen and oxygen atoms in total. The zero-order chi connectivity index (χ0) is 50.5. The first-order chi connectivity index (χ1) is 32.5. The summed E-state index contributed by atoms with van der Waals surface area (Å²) in [5, 5.41) is 30.9. The van der Waals surface area contributed by atoms with E-state index in [2.05, 4.69) is 80.9 Å². The molecule has 0 radical (unpaired) electrons. The summed E-state index contributed by atoms with van der Waals surface area (Å²) in [7, 11) is 0. The Hall–Kier alpha value is -5.55. The van der Waals surface area contributed by atoms with Gasteiger partial charge in [0.05, 0.1) is 62.1 Å². The summed E-state index contributed by atoms with van der Waals surface area (Å²) < 4.78 is 5.41. The van der Waals surface area contributed by atoms with Crippen LogP contribution in [0.3, 0.4) is 0 Å². The SMILES string of the molecule is C=C(N[C@@H](C)c1ccc(-c2scnc2C)cc1)[C@@H]1C[C@@H](O)CN1C(=O)[C@@H](NC(C)=O)C(C)(C)C.Cc1cc(C(C(=O)N2C[C@H](O)C[C@H]2C(=O)CC(C)c2ccc(-c3scnc3C)cc2)C(C)C)on1. The van der Waals surface area contributed by atoms with Crippen LogP contribution in [0.2, 0.25) is 0 Å². The largest absolute Gasteiger partial charge is 0.391 e. The van der Waals surface area contributed by atoms with Crippen LogP contribution in [0.1, 0.15) is 126 Å². The third kappa shape index (κ3) is 12.8. The normalized spacial score (nSPS) is 19.9. The Labute approximate surface area is 414 Å². The molecule has 3 aromatic heterocycles. The van der Waals surface area contributed by atoms with E-state index in [4.69, 9.17) is 4.52 Å². The van der Waals surface area contributed by atoms with Gasteiger partial charge in [0.1, 0.15) is 17.7 Å². The molecule has 69 heavy (non-hydrogen) atoms. The summed E-state index contributed by atoms with van der Waals surface area (Å²) in [5.41, 5.74) is 11.1. The zero-order valence-electron chi connectivity index (χ0n) is 41.8. The molecule has 0 spiro atoms. The number of ketones is 1. The van der Waals surface area contributed by atoms with Gasteiger partial charge in [0.15, 0.2) is 5.78 Å². The maximum Gasteiger partial charge on any atom is 0.246 e. The van der Waals surface area contributed by atoms with Gasteiger partial charge < -0.3 is 35.2 Å². The van der Waals surface area contributed by atoms with Gasteiger partial charge in [0.2, 0.25) is 17.7 Å². The minimum absolute atomic E-state index is 0.00776. The zero-order valence-corrected chi connectivity index (χ0v) is 43.4. The molecule has 8 atom stereocenters. The Kier molecular flexibility index (Phi) is 17.2. The predicted molar refractivity (Wildman–Crippen MR) is 271 cm³/mol. The highest BCUT2D eigenvalue weighted by Gasteiger charge is 2.44. The molecular formula is C53H69N7O7S2. The second-order valence-corrected chi connectivity index (χ2v) is 21.8. The maximum atomic E-state index is 13.6. The number of aryl methyl sites for hydroxylation is 3.